The van der Waals surface area contributed by atoms with Crippen molar-refractivity contribution in [3.05, 3.63) is 60.7 Å². The highest BCUT2D eigenvalue weighted by molar-refractivity contribution is 6.97. The van der Waals surface area contributed by atoms with Crippen LogP contribution in [-0.4, -0.2) is 20.7 Å². The zero-order valence-corrected chi connectivity index (χ0v) is 17.4. The van der Waals surface area contributed by atoms with Crippen molar-refractivity contribution in [2.45, 2.75) is 51.7 Å². The quantitative estimate of drug-likeness (QED) is 0.509. The van der Waals surface area contributed by atoms with Gasteiger partial charge in [-0.05, 0) is 40.6 Å². The maximum atomic E-state index is 11.8. The molecule has 0 amide bonds. The molecule has 2 aromatic rings. The van der Waals surface area contributed by atoms with Crippen molar-refractivity contribution in [3.8, 4) is 0 Å². The summed E-state index contributed by atoms with van der Waals surface area (Å²) in [5.41, 5.74) is 0.194. The largest absolute Gasteiger partial charge is 0.404 e. The molecule has 2 aliphatic rings. The molecule has 4 rings (SSSR count). The standard InChI is InChI=1S/C24H30O2Si/c1-3-4-15-27(21-11-7-5-8-12-21,22-13-9-6-10-14-22)26-23-19(18-25)16-20-17-24(20,23)2/h5-14,18-20,23H,3-4,15-17H2,1-2H3/t19-,20?,23?,24?/m0/s1. The van der Waals surface area contributed by atoms with E-state index >= 15 is 0 Å². The Labute approximate surface area is 164 Å². The van der Waals surface area contributed by atoms with Crippen LogP contribution in [0, 0.1) is 17.3 Å². The fourth-order valence-electron chi connectivity index (χ4n) is 5.17. The molecular weight excluding hydrogens is 348 g/mol. The molecule has 0 radical (unpaired) electrons. The second-order valence-corrected chi connectivity index (χ2v) is 12.2. The van der Waals surface area contributed by atoms with Crippen molar-refractivity contribution in [3.63, 3.8) is 0 Å². The molecule has 0 spiro atoms. The van der Waals surface area contributed by atoms with E-state index in [1.807, 2.05) is 0 Å². The van der Waals surface area contributed by atoms with Crippen LogP contribution in [0.2, 0.25) is 6.04 Å². The number of carbonyl (C=O) groups is 1. The number of hydrogen-bond donors (Lipinski definition) is 0. The molecule has 0 heterocycles. The predicted molar refractivity (Wildman–Crippen MR) is 113 cm³/mol. The second kappa shape index (κ2) is 7.37. The molecule has 2 aliphatic carbocycles. The van der Waals surface area contributed by atoms with Gasteiger partial charge in [0.25, 0.3) is 8.32 Å². The minimum Gasteiger partial charge on any atom is -0.404 e. The Kier molecular flexibility index (Phi) is 5.08. The summed E-state index contributed by atoms with van der Waals surface area (Å²) in [6.07, 6.45) is 5.74. The van der Waals surface area contributed by atoms with Gasteiger partial charge in [-0.2, -0.15) is 0 Å². The number of hydrogen-bond acceptors (Lipinski definition) is 2. The number of aldehydes is 1. The summed E-state index contributed by atoms with van der Waals surface area (Å²) >= 11 is 0. The third kappa shape index (κ3) is 3.21. The zero-order valence-electron chi connectivity index (χ0n) is 16.4. The molecule has 2 fully saturated rings. The van der Waals surface area contributed by atoms with Crippen LogP contribution in [0.1, 0.15) is 39.5 Å². The Balaban J connectivity index is 1.80. The molecule has 2 saturated carbocycles. The lowest BCUT2D eigenvalue weighted by Crippen LogP contribution is -2.63. The van der Waals surface area contributed by atoms with Crippen LogP contribution in [-0.2, 0) is 9.22 Å². The maximum absolute atomic E-state index is 11.8. The molecule has 27 heavy (non-hydrogen) atoms. The molecule has 0 aromatic heterocycles. The first-order chi connectivity index (χ1) is 13.1. The molecule has 0 aliphatic heterocycles. The van der Waals surface area contributed by atoms with Crippen molar-refractivity contribution in [2.75, 3.05) is 0 Å². The Morgan fingerprint density at radius 1 is 1.07 bits per heavy atom. The van der Waals surface area contributed by atoms with Crippen molar-refractivity contribution in [1.82, 2.24) is 0 Å². The predicted octanol–water partition coefficient (Wildman–Crippen LogP) is 4.18. The van der Waals surface area contributed by atoms with E-state index in [-0.39, 0.29) is 17.4 Å². The van der Waals surface area contributed by atoms with Gasteiger partial charge in [0.05, 0.1) is 6.10 Å². The first-order valence-corrected chi connectivity index (χ1v) is 12.5. The smallest absolute Gasteiger partial charge is 0.256 e. The highest BCUT2D eigenvalue weighted by Gasteiger charge is 2.65. The van der Waals surface area contributed by atoms with Gasteiger partial charge in [-0.1, -0.05) is 87.4 Å². The van der Waals surface area contributed by atoms with Crippen molar-refractivity contribution in [2.24, 2.45) is 17.3 Å². The summed E-state index contributed by atoms with van der Waals surface area (Å²) in [5.74, 6) is 0.719. The molecule has 3 heteroatoms. The summed E-state index contributed by atoms with van der Waals surface area (Å²) in [4.78, 5) is 11.8. The zero-order chi connectivity index (χ0) is 18.9. The van der Waals surface area contributed by atoms with Crippen LogP contribution in [0.3, 0.4) is 0 Å². The highest BCUT2D eigenvalue weighted by atomic mass is 28.4. The van der Waals surface area contributed by atoms with Gasteiger partial charge < -0.3 is 9.22 Å². The van der Waals surface area contributed by atoms with Gasteiger partial charge in [-0.15, -0.1) is 0 Å². The Morgan fingerprint density at radius 2 is 1.67 bits per heavy atom. The molecule has 0 saturated heterocycles. The minimum atomic E-state index is -2.41. The molecule has 3 unspecified atom stereocenters. The van der Waals surface area contributed by atoms with Gasteiger partial charge in [0.15, 0.2) is 0 Å². The number of carbonyl (C=O) groups excluding carboxylic acids is 1. The second-order valence-electron chi connectivity index (χ2n) is 8.64. The third-order valence-corrected chi connectivity index (χ3v) is 11.2. The molecular formula is C24H30O2Si. The Bertz CT molecular complexity index is 736. The Hall–Kier alpha value is -1.71. The number of benzene rings is 2. The van der Waals surface area contributed by atoms with Crippen molar-refractivity contribution < 1.29 is 9.22 Å². The molecule has 142 valence electrons. The number of rotatable bonds is 8. The summed E-state index contributed by atoms with van der Waals surface area (Å²) in [7, 11) is -2.41. The van der Waals surface area contributed by atoms with E-state index in [1.54, 1.807) is 0 Å². The van der Waals surface area contributed by atoms with Gasteiger partial charge >= 0.3 is 0 Å². The first kappa shape index (κ1) is 18.6. The van der Waals surface area contributed by atoms with Gasteiger partial charge in [0, 0.05) is 5.92 Å². The van der Waals surface area contributed by atoms with E-state index < -0.39 is 8.32 Å². The third-order valence-electron chi connectivity index (χ3n) is 6.92. The van der Waals surface area contributed by atoms with Gasteiger partial charge in [0.2, 0.25) is 0 Å². The van der Waals surface area contributed by atoms with E-state index in [1.165, 1.54) is 16.8 Å². The van der Waals surface area contributed by atoms with Gasteiger partial charge in [-0.3, -0.25) is 0 Å². The van der Waals surface area contributed by atoms with Crippen LogP contribution in [0.25, 0.3) is 0 Å². The lowest BCUT2D eigenvalue weighted by Gasteiger charge is -2.39. The van der Waals surface area contributed by atoms with E-state index in [2.05, 4.69) is 74.5 Å². The molecule has 2 nitrogen and oxygen atoms in total. The lowest BCUT2D eigenvalue weighted by atomic mass is 9.96. The molecule has 0 bridgehead atoms. The molecule has 0 N–H and O–H groups in total. The number of fused-ring (bicyclic) bond motifs is 1. The normalized spacial score (nSPS) is 29.3. The summed E-state index contributed by atoms with van der Waals surface area (Å²) in [5, 5.41) is 2.67. The average Bonchev–Trinajstić information content (AvgIpc) is 3.31. The minimum absolute atomic E-state index is 0.0506. The van der Waals surface area contributed by atoms with Gasteiger partial charge in [-0.25, -0.2) is 0 Å². The summed E-state index contributed by atoms with van der Waals surface area (Å²) in [6, 6.07) is 22.7. The van der Waals surface area contributed by atoms with E-state index in [4.69, 9.17) is 4.43 Å². The highest BCUT2D eigenvalue weighted by Crippen LogP contribution is 2.66. The van der Waals surface area contributed by atoms with Crippen LogP contribution >= 0.6 is 0 Å². The van der Waals surface area contributed by atoms with Crippen molar-refractivity contribution >= 4 is 25.0 Å². The summed E-state index contributed by atoms with van der Waals surface area (Å²) in [6.45, 7) is 4.58. The summed E-state index contributed by atoms with van der Waals surface area (Å²) < 4.78 is 7.24. The molecule has 2 aromatic carbocycles. The fraction of sp³-hybridized carbons (Fsp3) is 0.458. The van der Waals surface area contributed by atoms with Gasteiger partial charge in [0.1, 0.15) is 6.29 Å². The van der Waals surface area contributed by atoms with Crippen LogP contribution in [0.5, 0.6) is 0 Å². The number of unbranched alkanes of at least 4 members (excludes halogenated alkanes) is 1. The lowest BCUT2D eigenvalue weighted by molar-refractivity contribution is -0.114. The topological polar surface area (TPSA) is 26.3 Å². The molecule has 4 atom stereocenters. The fourth-order valence-corrected chi connectivity index (χ4v) is 9.66. The maximum Gasteiger partial charge on any atom is 0.256 e. The van der Waals surface area contributed by atoms with E-state index in [0.29, 0.717) is 5.92 Å². The van der Waals surface area contributed by atoms with Crippen molar-refractivity contribution in [1.29, 1.82) is 0 Å². The van der Waals surface area contributed by atoms with Crippen LogP contribution in [0.4, 0.5) is 0 Å². The average molecular weight is 379 g/mol. The Morgan fingerprint density at radius 3 is 2.19 bits per heavy atom. The van der Waals surface area contributed by atoms with E-state index in [9.17, 15) is 4.79 Å². The van der Waals surface area contributed by atoms with Crippen LogP contribution < -0.4 is 10.4 Å². The monoisotopic (exact) mass is 378 g/mol. The van der Waals surface area contributed by atoms with E-state index in [0.717, 1.165) is 31.6 Å². The first-order valence-electron chi connectivity index (χ1n) is 10.4. The van der Waals surface area contributed by atoms with Crippen LogP contribution in [0.15, 0.2) is 60.7 Å². The SMILES string of the molecule is CCCC[Si](OC1[C@H](C=O)CC2CC21C)(c1ccccc1)c1ccccc1.